The van der Waals surface area contributed by atoms with E-state index < -0.39 is 5.24 Å². The molecule has 0 N–H and O–H groups in total. The van der Waals surface area contributed by atoms with Crippen molar-refractivity contribution >= 4 is 60.0 Å². The normalized spacial score (nSPS) is 10.6. The molecular formula is C11H4Br2ClFOS. The van der Waals surface area contributed by atoms with Crippen LogP contribution in [-0.2, 0) is 0 Å². The van der Waals surface area contributed by atoms with Crippen LogP contribution in [0.5, 0.6) is 0 Å². The van der Waals surface area contributed by atoms with E-state index in [4.69, 9.17) is 11.6 Å². The highest BCUT2D eigenvalue weighted by Crippen LogP contribution is 2.43. The summed E-state index contributed by atoms with van der Waals surface area (Å²) in [5, 5.41) is -0.543. The van der Waals surface area contributed by atoms with Crippen molar-refractivity contribution in [3.05, 3.63) is 43.2 Å². The van der Waals surface area contributed by atoms with E-state index in [1.807, 2.05) is 0 Å². The maximum atomic E-state index is 12.9. The van der Waals surface area contributed by atoms with Crippen molar-refractivity contribution in [2.75, 3.05) is 0 Å². The van der Waals surface area contributed by atoms with E-state index in [2.05, 4.69) is 31.9 Å². The molecule has 1 heterocycles. The largest absolute Gasteiger partial charge is 0.276 e. The number of benzene rings is 1. The molecule has 0 aliphatic rings. The third-order valence-electron chi connectivity index (χ3n) is 2.15. The first-order valence-corrected chi connectivity index (χ1v) is 7.22. The molecule has 2 aromatic rings. The SMILES string of the molecule is O=C(Cl)c1c(Br)sc(Br)c1-c1ccc(F)cc1. The summed E-state index contributed by atoms with van der Waals surface area (Å²) in [5.41, 5.74) is 1.82. The molecular weight excluding hydrogens is 394 g/mol. The Bertz CT molecular complexity index is 580. The molecule has 0 fully saturated rings. The molecule has 0 atom stereocenters. The maximum absolute atomic E-state index is 12.9. The van der Waals surface area contributed by atoms with Gasteiger partial charge < -0.3 is 0 Å². The molecule has 0 amide bonds. The molecule has 2 rings (SSSR count). The number of hydrogen-bond acceptors (Lipinski definition) is 2. The molecule has 0 saturated heterocycles. The van der Waals surface area contributed by atoms with Gasteiger partial charge in [-0.3, -0.25) is 4.79 Å². The first-order chi connectivity index (χ1) is 8.00. The van der Waals surface area contributed by atoms with Crippen LogP contribution in [0.2, 0.25) is 0 Å². The van der Waals surface area contributed by atoms with Gasteiger partial charge in [0.05, 0.1) is 13.1 Å². The van der Waals surface area contributed by atoms with Crippen LogP contribution in [0.15, 0.2) is 31.8 Å². The van der Waals surface area contributed by atoms with E-state index in [-0.39, 0.29) is 5.82 Å². The van der Waals surface area contributed by atoms with Gasteiger partial charge in [0.1, 0.15) is 5.82 Å². The third-order valence-corrected chi connectivity index (χ3v) is 4.87. The molecule has 0 aliphatic heterocycles. The highest BCUT2D eigenvalue weighted by atomic mass is 79.9. The van der Waals surface area contributed by atoms with Crippen LogP contribution in [0.1, 0.15) is 10.4 Å². The smallest absolute Gasteiger partial charge is 0.255 e. The highest BCUT2D eigenvalue weighted by molar-refractivity contribution is 9.12. The second kappa shape index (κ2) is 5.18. The van der Waals surface area contributed by atoms with Crippen molar-refractivity contribution in [3.63, 3.8) is 0 Å². The van der Waals surface area contributed by atoms with Crippen molar-refractivity contribution in [1.29, 1.82) is 0 Å². The molecule has 6 heteroatoms. The summed E-state index contributed by atoms with van der Waals surface area (Å²) in [7, 11) is 0. The van der Waals surface area contributed by atoms with Crippen LogP contribution >= 0.6 is 54.8 Å². The lowest BCUT2D eigenvalue weighted by Gasteiger charge is -2.02. The number of thiophene rings is 1. The van der Waals surface area contributed by atoms with Crippen LogP contribution in [-0.4, -0.2) is 5.24 Å². The van der Waals surface area contributed by atoms with E-state index in [0.717, 1.165) is 9.35 Å². The fraction of sp³-hybridized carbons (Fsp3) is 0. The zero-order valence-corrected chi connectivity index (χ0v) is 12.9. The van der Waals surface area contributed by atoms with Crippen LogP contribution < -0.4 is 0 Å². The Balaban J connectivity index is 2.66. The summed E-state index contributed by atoms with van der Waals surface area (Å²) < 4.78 is 14.3. The van der Waals surface area contributed by atoms with Gasteiger partial charge in [-0.1, -0.05) is 12.1 Å². The summed E-state index contributed by atoms with van der Waals surface area (Å²) in [6.45, 7) is 0. The summed E-state index contributed by atoms with van der Waals surface area (Å²) in [6.07, 6.45) is 0. The molecule has 0 radical (unpaired) electrons. The zero-order valence-electron chi connectivity index (χ0n) is 8.14. The second-order valence-corrected chi connectivity index (χ2v) is 7.18. The van der Waals surface area contributed by atoms with Gasteiger partial charge in [0, 0.05) is 5.56 Å². The highest BCUT2D eigenvalue weighted by Gasteiger charge is 2.21. The summed E-state index contributed by atoms with van der Waals surface area (Å²) >= 11 is 13.6. The van der Waals surface area contributed by atoms with Crippen LogP contribution in [0.4, 0.5) is 4.39 Å². The summed E-state index contributed by atoms with van der Waals surface area (Å²) in [5.74, 6) is -0.321. The molecule has 0 unspecified atom stereocenters. The minimum Gasteiger partial charge on any atom is -0.276 e. The van der Waals surface area contributed by atoms with Crippen LogP contribution in [0.25, 0.3) is 11.1 Å². The van der Waals surface area contributed by atoms with Gasteiger partial charge in [-0.15, -0.1) is 11.3 Å². The molecule has 88 valence electrons. The van der Waals surface area contributed by atoms with Crippen molar-refractivity contribution in [2.45, 2.75) is 0 Å². The predicted molar refractivity (Wildman–Crippen MR) is 75.3 cm³/mol. The summed E-state index contributed by atoms with van der Waals surface area (Å²) in [6, 6.07) is 5.90. The van der Waals surface area contributed by atoms with Crippen molar-refractivity contribution in [3.8, 4) is 11.1 Å². The fourth-order valence-electron chi connectivity index (χ4n) is 1.43. The van der Waals surface area contributed by atoms with Gasteiger partial charge in [-0.25, -0.2) is 4.39 Å². The van der Waals surface area contributed by atoms with Gasteiger partial charge >= 0.3 is 0 Å². The molecule has 0 saturated carbocycles. The second-order valence-electron chi connectivity index (χ2n) is 3.18. The minimum absolute atomic E-state index is 0.321. The first-order valence-electron chi connectivity index (χ1n) is 4.44. The molecule has 1 aromatic heterocycles. The van der Waals surface area contributed by atoms with Crippen molar-refractivity contribution < 1.29 is 9.18 Å². The lowest BCUT2D eigenvalue weighted by Crippen LogP contribution is -1.91. The lowest BCUT2D eigenvalue weighted by atomic mass is 10.1. The molecule has 0 aliphatic carbocycles. The number of carbonyl (C=O) groups is 1. The van der Waals surface area contributed by atoms with Crippen LogP contribution in [0, 0.1) is 5.82 Å². The van der Waals surface area contributed by atoms with E-state index >= 15 is 0 Å². The van der Waals surface area contributed by atoms with Crippen molar-refractivity contribution in [1.82, 2.24) is 0 Å². The van der Waals surface area contributed by atoms with Gasteiger partial charge in [0.2, 0.25) is 0 Å². The Morgan fingerprint density at radius 1 is 1.18 bits per heavy atom. The van der Waals surface area contributed by atoms with Gasteiger partial charge in [0.15, 0.2) is 0 Å². The third kappa shape index (κ3) is 2.62. The fourth-order valence-corrected chi connectivity index (χ4v) is 4.99. The minimum atomic E-state index is -0.543. The van der Waals surface area contributed by atoms with E-state index in [1.54, 1.807) is 12.1 Å². The average molecular weight is 398 g/mol. The quantitative estimate of drug-likeness (QED) is 0.614. The molecule has 0 spiro atoms. The molecule has 17 heavy (non-hydrogen) atoms. The van der Waals surface area contributed by atoms with E-state index in [0.29, 0.717) is 14.9 Å². The van der Waals surface area contributed by atoms with Gasteiger partial charge in [-0.05, 0) is 61.2 Å². The van der Waals surface area contributed by atoms with Gasteiger partial charge in [-0.2, -0.15) is 0 Å². The number of hydrogen-bond donors (Lipinski definition) is 0. The van der Waals surface area contributed by atoms with Crippen LogP contribution in [0.3, 0.4) is 0 Å². The monoisotopic (exact) mass is 396 g/mol. The van der Waals surface area contributed by atoms with E-state index in [9.17, 15) is 9.18 Å². The van der Waals surface area contributed by atoms with Crippen molar-refractivity contribution in [2.24, 2.45) is 0 Å². The Hall–Kier alpha value is -0.230. The number of halogens is 4. The Labute approximate surface area is 123 Å². The maximum Gasteiger partial charge on any atom is 0.255 e. The Morgan fingerprint density at radius 3 is 2.29 bits per heavy atom. The lowest BCUT2D eigenvalue weighted by molar-refractivity contribution is 0.108. The van der Waals surface area contributed by atoms with E-state index in [1.165, 1.54) is 23.5 Å². The Kier molecular flexibility index (Phi) is 4.02. The standard InChI is InChI=1S/C11H4Br2ClFOS/c12-9-7(5-1-3-6(15)4-2-5)8(11(14)16)10(13)17-9/h1-4H. The van der Waals surface area contributed by atoms with Gasteiger partial charge in [0.25, 0.3) is 5.24 Å². The summed E-state index contributed by atoms with van der Waals surface area (Å²) in [4.78, 5) is 11.4. The predicted octanol–water partition coefficient (Wildman–Crippen LogP) is 5.46. The first kappa shape index (κ1) is 13.2. The number of carbonyl (C=O) groups excluding carboxylic acids is 1. The number of rotatable bonds is 2. The topological polar surface area (TPSA) is 17.1 Å². The molecule has 1 nitrogen and oxygen atoms in total. The molecule has 1 aromatic carbocycles. The Morgan fingerprint density at radius 2 is 1.76 bits per heavy atom. The average Bonchev–Trinajstić information content (AvgIpc) is 2.55. The zero-order chi connectivity index (χ0) is 12.6. The molecule has 0 bridgehead atoms.